The molecule has 0 aliphatic carbocycles. The highest BCUT2D eigenvalue weighted by Crippen LogP contribution is 2.46. The lowest BCUT2D eigenvalue weighted by Crippen LogP contribution is -2.51. The number of benzene rings is 1. The van der Waals surface area contributed by atoms with Crippen LogP contribution in [0.1, 0.15) is 0 Å². The molecular weight excluding hydrogens is 343 g/mol. The van der Waals surface area contributed by atoms with Crippen LogP contribution in [0, 0.1) is 0 Å². The summed E-state index contributed by atoms with van der Waals surface area (Å²) in [4.78, 5) is 25.5. The summed E-state index contributed by atoms with van der Waals surface area (Å²) < 4.78 is 21.1. The van der Waals surface area contributed by atoms with Crippen LogP contribution in [0.15, 0.2) is 52.2 Å². The topological polar surface area (TPSA) is 93.8 Å². The van der Waals surface area contributed by atoms with E-state index in [1.165, 1.54) is 16.3 Å². The molecular formula is C16H15N4O4P. The van der Waals surface area contributed by atoms with Crippen molar-refractivity contribution in [3.63, 3.8) is 0 Å². The largest absolute Gasteiger partial charge is 0.340 e. The molecule has 3 heterocycles. The van der Waals surface area contributed by atoms with Gasteiger partial charge < -0.3 is 9.84 Å². The normalized spacial score (nSPS) is 21.5. The van der Waals surface area contributed by atoms with Gasteiger partial charge in [-0.1, -0.05) is 12.1 Å². The minimum absolute atomic E-state index is 0.0817. The lowest BCUT2D eigenvalue weighted by atomic mass is 10.3. The third-order valence-electron chi connectivity index (χ3n) is 4.27. The van der Waals surface area contributed by atoms with Crippen molar-refractivity contribution in [2.24, 2.45) is 7.05 Å². The van der Waals surface area contributed by atoms with E-state index in [1.807, 2.05) is 0 Å². The molecule has 0 fully saturated rings. The van der Waals surface area contributed by atoms with Crippen LogP contribution in [0.4, 0.5) is 5.69 Å². The number of aryl methyl sites for hydroxylation is 1. The molecule has 0 saturated carbocycles. The summed E-state index contributed by atoms with van der Waals surface area (Å²) in [6.45, 7) is 0. The molecule has 4 rings (SSSR count). The molecule has 1 aliphatic heterocycles. The lowest BCUT2D eigenvalue weighted by molar-refractivity contribution is 0.398. The number of anilines is 1. The van der Waals surface area contributed by atoms with E-state index in [9.17, 15) is 14.2 Å². The van der Waals surface area contributed by atoms with Gasteiger partial charge in [0.05, 0.1) is 11.0 Å². The second-order valence-electron chi connectivity index (χ2n) is 5.63. The Morgan fingerprint density at radius 1 is 1.12 bits per heavy atom. The van der Waals surface area contributed by atoms with Crippen molar-refractivity contribution >= 4 is 29.8 Å². The van der Waals surface area contributed by atoms with Gasteiger partial charge in [-0.2, -0.15) is 0 Å². The Hall–Kier alpha value is -2.83. The van der Waals surface area contributed by atoms with Crippen molar-refractivity contribution in [1.82, 2.24) is 14.3 Å². The van der Waals surface area contributed by atoms with Gasteiger partial charge in [0.25, 0.3) is 5.56 Å². The molecule has 2 N–H and O–H groups in total. The van der Waals surface area contributed by atoms with Gasteiger partial charge in [0.2, 0.25) is 5.43 Å². The molecule has 0 amide bonds. The third kappa shape index (κ3) is 2.15. The number of hydrogen-bond donors (Lipinski definition) is 2. The first kappa shape index (κ1) is 15.7. The number of hydrogen-bond acceptors (Lipinski definition) is 5. The van der Waals surface area contributed by atoms with Crippen LogP contribution in [-0.2, 0) is 16.1 Å². The average Bonchev–Trinajstić information content (AvgIpc) is 3.10. The molecule has 0 spiro atoms. The first-order valence-corrected chi connectivity index (χ1v) is 9.14. The predicted molar refractivity (Wildman–Crippen MR) is 95.0 cm³/mol. The Kier molecular flexibility index (Phi) is 3.35. The SMILES string of the molecule is COP1(=O)NC(=c2c(=O)c3cccn3n(C)c2=O)Nc2ccccc21. The second-order valence-corrected chi connectivity index (χ2v) is 7.81. The van der Waals surface area contributed by atoms with Gasteiger partial charge in [-0.05, 0) is 24.3 Å². The van der Waals surface area contributed by atoms with Crippen molar-refractivity contribution in [3.8, 4) is 0 Å². The Morgan fingerprint density at radius 2 is 1.88 bits per heavy atom. The molecule has 8 nitrogen and oxygen atoms in total. The molecule has 1 unspecified atom stereocenters. The molecule has 3 aromatic rings. The number of rotatable bonds is 1. The first-order valence-electron chi connectivity index (χ1n) is 7.51. The Labute approximate surface area is 141 Å². The van der Waals surface area contributed by atoms with Crippen molar-refractivity contribution in [2.45, 2.75) is 0 Å². The van der Waals surface area contributed by atoms with Crippen LogP contribution in [0.2, 0.25) is 0 Å². The molecule has 0 bridgehead atoms. The molecule has 2 aromatic heterocycles. The average molecular weight is 358 g/mol. The van der Waals surface area contributed by atoms with Gasteiger partial charge in [-0.15, -0.1) is 0 Å². The molecule has 128 valence electrons. The van der Waals surface area contributed by atoms with Crippen LogP contribution in [-0.4, -0.2) is 16.3 Å². The van der Waals surface area contributed by atoms with Gasteiger partial charge in [0.15, 0.2) is 0 Å². The summed E-state index contributed by atoms with van der Waals surface area (Å²) in [7, 11) is -0.569. The maximum Gasteiger partial charge on any atom is 0.326 e. The van der Waals surface area contributed by atoms with Gasteiger partial charge in [-0.25, -0.2) is 4.68 Å². The first-order chi connectivity index (χ1) is 12.0. The number of aromatic nitrogens is 2. The number of nitrogens with zero attached hydrogens (tertiary/aromatic N) is 2. The fourth-order valence-corrected chi connectivity index (χ4v) is 4.59. The lowest BCUT2D eigenvalue weighted by Gasteiger charge is -2.28. The van der Waals surface area contributed by atoms with E-state index in [1.54, 1.807) is 49.6 Å². The molecule has 0 radical (unpaired) electrons. The van der Waals surface area contributed by atoms with Crippen LogP contribution >= 0.6 is 7.52 Å². The zero-order valence-corrected chi connectivity index (χ0v) is 14.4. The minimum Gasteiger partial charge on any atom is -0.340 e. The summed E-state index contributed by atoms with van der Waals surface area (Å²) in [5.41, 5.74) is -0.0895. The van der Waals surface area contributed by atoms with Gasteiger partial charge in [0.1, 0.15) is 16.6 Å². The highest BCUT2D eigenvalue weighted by Gasteiger charge is 2.34. The summed E-state index contributed by atoms with van der Waals surface area (Å²) in [5, 5.41) is 6.08. The van der Waals surface area contributed by atoms with Gasteiger partial charge in [0, 0.05) is 20.4 Å². The molecule has 25 heavy (non-hydrogen) atoms. The van der Waals surface area contributed by atoms with E-state index in [0.29, 0.717) is 16.5 Å². The Bertz CT molecular complexity index is 1230. The van der Waals surface area contributed by atoms with Crippen LogP contribution in [0.5, 0.6) is 0 Å². The van der Waals surface area contributed by atoms with E-state index in [0.717, 1.165) is 0 Å². The number of para-hydroxylation sites is 1. The second kappa shape index (κ2) is 5.34. The third-order valence-corrected chi connectivity index (χ3v) is 6.32. The molecule has 1 aliphatic rings. The van der Waals surface area contributed by atoms with Crippen LogP contribution in [0.25, 0.3) is 11.3 Å². The number of fused-ring (bicyclic) bond motifs is 2. The van der Waals surface area contributed by atoms with Crippen molar-refractivity contribution < 1.29 is 9.09 Å². The zero-order valence-electron chi connectivity index (χ0n) is 13.5. The Balaban J connectivity index is 2.13. The predicted octanol–water partition coefficient (Wildman–Crippen LogP) is -0.0371. The maximum absolute atomic E-state index is 13.1. The standard InChI is InChI=1S/C16H15N4O4P/c1-19-16(22)13(14(21)11-7-5-9-20(11)19)15-17-10-6-3-4-8-12(10)25(23,18-15)24-2/h3-9,17H,1-2H3,(H,18,23). The molecule has 1 atom stereocenters. The zero-order chi connectivity index (χ0) is 17.8. The summed E-state index contributed by atoms with van der Waals surface area (Å²) in [6, 6.07) is 10.2. The number of nitrogens with one attached hydrogen (secondary N) is 2. The van der Waals surface area contributed by atoms with Gasteiger partial charge >= 0.3 is 7.52 Å². The fraction of sp³-hybridized carbons (Fsp3) is 0.125. The summed E-state index contributed by atoms with van der Waals surface area (Å²) >= 11 is 0. The van der Waals surface area contributed by atoms with Crippen molar-refractivity contribution in [3.05, 3.63) is 68.4 Å². The molecule has 9 heteroatoms. The van der Waals surface area contributed by atoms with Crippen molar-refractivity contribution in [2.75, 3.05) is 12.4 Å². The summed E-state index contributed by atoms with van der Waals surface area (Å²) in [6.07, 6.45) is 1.63. The monoisotopic (exact) mass is 358 g/mol. The summed E-state index contributed by atoms with van der Waals surface area (Å²) in [5.74, 6) is 0.0817. The van der Waals surface area contributed by atoms with E-state index in [2.05, 4.69) is 10.4 Å². The smallest absolute Gasteiger partial charge is 0.326 e. The van der Waals surface area contributed by atoms with Gasteiger partial charge in [-0.3, -0.25) is 23.8 Å². The Morgan fingerprint density at radius 3 is 2.64 bits per heavy atom. The van der Waals surface area contributed by atoms with Crippen LogP contribution < -0.4 is 31.9 Å². The van der Waals surface area contributed by atoms with E-state index in [4.69, 9.17) is 4.52 Å². The highest BCUT2D eigenvalue weighted by atomic mass is 31.2. The minimum atomic E-state index is -3.45. The van der Waals surface area contributed by atoms with Crippen molar-refractivity contribution in [1.29, 1.82) is 0 Å². The quantitative estimate of drug-likeness (QED) is 0.593. The molecule has 1 aromatic carbocycles. The molecule has 0 saturated heterocycles. The van der Waals surface area contributed by atoms with E-state index < -0.39 is 18.5 Å². The van der Waals surface area contributed by atoms with E-state index in [-0.39, 0.29) is 11.0 Å². The fourth-order valence-electron chi connectivity index (χ4n) is 2.99. The van der Waals surface area contributed by atoms with E-state index >= 15 is 0 Å². The maximum atomic E-state index is 13.1. The van der Waals surface area contributed by atoms with Crippen LogP contribution in [0.3, 0.4) is 0 Å². The highest BCUT2D eigenvalue weighted by molar-refractivity contribution is 7.66.